The second kappa shape index (κ2) is 8.07. The number of aromatic nitrogens is 2. The summed E-state index contributed by atoms with van der Waals surface area (Å²) in [4.78, 5) is 0. The van der Waals surface area contributed by atoms with Gasteiger partial charge in [0.15, 0.2) is 5.11 Å². The molecule has 25 heavy (non-hydrogen) atoms. The highest BCUT2D eigenvalue weighted by Crippen LogP contribution is 2.16. The fraction of sp³-hybridized carbons (Fsp3) is 0.0556. The quantitative estimate of drug-likeness (QED) is 0.420. The Kier molecular flexibility index (Phi) is 5.38. The van der Waals surface area contributed by atoms with Gasteiger partial charge in [-0.15, -0.1) is 0 Å². The molecule has 0 saturated carbocycles. The van der Waals surface area contributed by atoms with E-state index in [0.29, 0.717) is 5.11 Å². The number of hydrogen-bond acceptors (Lipinski definition) is 4. The molecule has 1 aromatic heterocycles. The molecule has 6 nitrogen and oxygen atoms in total. The van der Waals surface area contributed by atoms with Crippen molar-refractivity contribution in [2.24, 2.45) is 5.10 Å². The molecule has 1 heterocycles. The topological polar surface area (TPSA) is 63.5 Å². The lowest BCUT2D eigenvalue weighted by molar-refractivity contribution is 0.415. The van der Waals surface area contributed by atoms with Gasteiger partial charge in [0, 0.05) is 23.5 Å². The zero-order valence-electron chi connectivity index (χ0n) is 13.6. The van der Waals surface area contributed by atoms with Gasteiger partial charge in [0.1, 0.15) is 5.75 Å². The molecule has 3 aromatic rings. The lowest BCUT2D eigenvalue weighted by Gasteiger charge is -2.08. The first-order valence-corrected chi connectivity index (χ1v) is 7.99. The number of benzene rings is 2. The summed E-state index contributed by atoms with van der Waals surface area (Å²) in [7, 11) is 1.62. The molecule has 7 heteroatoms. The van der Waals surface area contributed by atoms with Crippen molar-refractivity contribution in [1.29, 1.82) is 0 Å². The standard InChI is InChI=1S/C18H17N5OS/c1-24-17-9-5-6-15(10-17)21-18(25)22-19-11-14-12-20-23(13-14)16-7-3-2-4-8-16/h2-13H,1H3,(H2,21,22,25)/b19-11-. The van der Waals surface area contributed by atoms with Gasteiger partial charge in [0.2, 0.25) is 0 Å². The smallest absolute Gasteiger partial charge is 0.191 e. The SMILES string of the molecule is COc1cccc(NC(=S)N/N=C\c2cnn(-c3ccccc3)c2)c1. The molecule has 0 radical (unpaired) electrons. The minimum absolute atomic E-state index is 0.389. The maximum absolute atomic E-state index is 5.22. The normalized spacial score (nSPS) is 10.6. The molecule has 0 aliphatic heterocycles. The number of hydrogen-bond donors (Lipinski definition) is 2. The summed E-state index contributed by atoms with van der Waals surface area (Å²) in [5.41, 5.74) is 5.45. The maximum atomic E-state index is 5.22. The van der Waals surface area contributed by atoms with Crippen molar-refractivity contribution < 1.29 is 4.74 Å². The Morgan fingerprint density at radius 2 is 2.04 bits per heavy atom. The van der Waals surface area contributed by atoms with Crippen molar-refractivity contribution in [3.05, 3.63) is 72.6 Å². The van der Waals surface area contributed by atoms with E-state index < -0.39 is 0 Å². The second-order valence-corrected chi connectivity index (χ2v) is 5.52. The van der Waals surface area contributed by atoms with Crippen LogP contribution >= 0.6 is 12.2 Å². The van der Waals surface area contributed by atoms with Crippen molar-refractivity contribution >= 4 is 29.2 Å². The van der Waals surface area contributed by atoms with Gasteiger partial charge >= 0.3 is 0 Å². The first-order valence-electron chi connectivity index (χ1n) is 7.59. The number of hydrazone groups is 1. The predicted octanol–water partition coefficient (Wildman–Crippen LogP) is 3.20. The van der Waals surface area contributed by atoms with E-state index in [0.717, 1.165) is 22.7 Å². The number of ether oxygens (including phenoxy) is 1. The fourth-order valence-electron chi connectivity index (χ4n) is 2.15. The predicted molar refractivity (Wildman–Crippen MR) is 104 cm³/mol. The van der Waals surface area contributed by atoms with Crippen LogP contribution in [0.1, 0.15) is 5.56 Å². The zero-order chi connectivity index (χ0) is 17.5. The fourth-order valence-corrected chi connectivity index (χ4v) is 2.32. The maximum Gasteiger partial charge on any atom is 0.191 e. The molecule has 3 rings (SSSR count). The van der Waals surface area contributed by atoms with Crippen LogP contribution in [0.25, 0.3) is 5.69 Å². The van der Waals surface area contributed by atoms with Crippen molar-refractivity contribution in [3.8, 4) is 11.4 Å². The monoisotopic (exact) mass is 351 g/mol. The lowest BCUT2D eigenvalue weighted by atomic mass is 10.3. The molecule has 0 atom stereocenters. The van der Waals surface area contributed by atoms with Crippen LogP contribution in [0.3, 0.4) is 0 Å². The molecule has 2 N–H and O–H groups in total. The van der Waals surface area contributed by atoms with Gasteiger partial charge in [0.05, 0.1) is 25.2 Å². The number of nitrogens with one attached hydrogen (secondary N) is 2. The Morgan fingerprint density at radius 1 is 1.20 bits per heavy atom. The van der Waals surface area contributed by atoms with Crippen molar-refractivity contribution in [3.63, 3.8) is 0 Å². The minimum Gasteiger partial charge on any atom is -0.497 e. The third-order valence-corrected chi connectivity index (χ3v) is 3.52. The molecule has 0 unspecified atom stereocenters. The molecule has 0 amide bonds. The Morgan fingerprint density at radius 3 is 2.84 bits per heavy atom. The molecule has 0 aliphatic rings. The van der Waals surface area contributed by atoms with Crippen molar-refractivity contribution in [1.82, 2.24) is 15.2 Å². The molecular weight excluding hydrogens is 334 g/mol. The van der Waals surface area contributed by atoms with Crippen LogP contribution in [0, 0.1) is 0 Å². The first-order chi connectivity index (χ1) is 12.2. The molecule has 0 fully saturated rings. The van der Waals surface area contributed by atoms with Gasteiger partial charge in [-0.3, -0.25) is 5.43 Å². The molecule has 0 aliphatic carbocycles. The van der Waals surface area contributed by atoms with Gasteiger partial charge in [0.25, 0.3) is 0 Å². The second-order valence-electron chi connectivity index (χ2n) is 5.11. The molecule has 2 aromatic carbocycles. The summed E-state index contributed by atoms with van der Waals surface area (Å²) in [6, 6.07) is 17.4. The van der Waals surface area contributed by atoms with E-state index in [1.165, 1.54) is 0 Å². The minimum atomic E-state index is 0.389. The highest BCUT2D eigenvalue weighted by molar-refractivity contribution is 7.80. The molecular formula is C18H17N5OS. The van der Waals surface area contributed by atoms with Crippen molar-refractivity contribution in [2.75, 3.05) is 12.4 Å². The Balaban J connectivity index is 1.56. The Bertz CT molecular complexity index is 876. The summed E-state index contributed by atoms with van der Waals surface area (Å²) < 4.78 is 6.96. The van der Waals surface area contributed by atoms with Crippen LogP contribution < -0.4 is 15.5 Å². The number of nitrogens with zero attached hydrogens (tertiary/aromatic N) is 3. The van der Waals surface area contributed by atoms with Crippen LogP contribution in [0.5, 0.6) is 5.75 Å². The average Bonchev–Trinajstić information content (AvgIpc) is 3.11. The number of anilines is 1. The van der Waals surface area contributed by atoms with Gasteiger partial charge in [-0.25, -0.2) is 4.68 Å². The third kappa shape index (κ3) is 4.65. The summed E-state index contributed by atoms with van der Waals surface area (Å²) in [5.74, 6) is 0.754. The molecule has 0 saturated heterocycles. The molecule has 126 valence electrons. The zero-order valence-corrected chi connectivity index (χ0v) is 14.4. The van der Waals surface area contributed by atoms with E-state index in [-0.39, 0.29) is 0 Å². The van der Waals surface area contributed by atoms with Crippen LogP contribution in [0.4, 0.5) is 5.69 Å². The summed E-state index contributed by atoms with van der Waals surface area (Å²) >= 11 is 5.22. The van der Waals surface area contributed by atoms with Crippen LogP contribution in [0.15, 0.2) is 72.1 Å². The highest BCUT2D eigenvalue weighted by atomic mass is 32.1. The van der Waals surface area contributed by atoms with E-state index in [1.54, 1.807) is 24.2 Å². The molecule has 0 spiro atoms. The van der Waals surface area contributed by atoms with E-state index in [1.807, 2.05) is 60.8 Å². The Hall–Kier alpha value is -3.19. The lowest BCUT2D eigenvalue weighted by Crippen LogP contribution is -2.23. The summed E-state index contributed by atoms with van der Waals surface area (Å²) in [5, 5.41) is 11.9. The first kappa shape index (κ1) is 16.7. The van der Waals surface area contributed by atoms with Crippen LogP contribution in [0.2, 0.25) is 0 Å². The third-order valence-electron chi connectivity index (χ3n) is 3.33. The van der Waals surface area contributed by atoms with Gasteiger partial charge in [-0.05, 0) is 36.5 Å². The van der Waals surface area contributed by atoms with Gasteiger partial charge in [-0.2, -0.15) is 10.2 Å². The van der Waals surface area contributed by atoms with Gasteiger partial charge < -0.3 is 10.1 Å². The van der Waals surface area contributed by atoms with E-state index in [2.05, 4.69) is 20.9 Å². The average molecular weight is 351 g/mol. The molecule has 0 bridgehead atoms. The summed E-state index contributed by atoms with van der Waals surface area (Å²) in [6.07, 6.45) is 5.28. The highest BCUT2D eigenvalue weighted by Gasteiger charge is 2.00. The largest absolute Gasteiger partial charge is 0.497 e. The van der Waals surface area contributed by atoms with Crippen LogP contribution in [-0.4, -0.2) is 28.2 Å². The van der Waals surface area contributed by atoms with Crippen molar-refractivity contribution in [2.45, 2.75) is 0 Å². The number of methoxy groups -OCH3 is 1. The van der Waals surface area contributed by atoms with E-state index >= 15 is 0 Å². The van der Waals surface area contributed by atoms with Gasteiger partial charge in [-0.1, -0.05) is 24.3 Å². The van der Waals surface area contributed by atoms with E-state index in [9.17, 15) is 0 Å². The summed E-state index contributed by atoms with van der Waals surface area (Å²) in [6.45, 7) is 0. The van der Waals surface area contributed by atoms with E-state index in [4.69, 9.17) is 17.0 Å². The number of para-hydroxylation sites is 1. The Labute approximate surface area is 151 Å². The van der Waals surface area contributed by atoms with Crippen LogP contribution in [-0.2, 0) is 0 Å². The number of thiocarbonyl (C=S) groups is 1. The number of rotatable bonds is 5.